The molecule has 0 bridgehead atoms. The van der Waals surface area contributed by atoms with Crippen LogP contribution in [0.5, 0.6) is 11.5 Å². The van der Waals surface area contributed by atoms with Crippen molar-refractivity contribution in [2.45, 2.75) is 25.4 Å². The Balaban J connectivity index is 2.24. The van der Waals surface area contributed by atoms with E-state index in [0.29, 0.717) is 41.1 Å². The van der Waals surface area contributed by atoms with E-state index in [0.717, 1.165) is 24.5 Å². The van der Waals surface area contributed by atoms with Gasteiger partial charge in [0, 0.05) is 22.7 Å². The van der Waals surface area contributed by atoms with Crippen LogP contribution in [0.1, 0.15) is 24.0 Å². The molecular formula is C21H23F3N2O2. The van der Waals surface area contributed by atoms with Crippen molar-refractivity contribution in [2.75, 3.05) is 20.8 Å². The van der Waals surface area contributed by atoms with Crippen molar-refractivity contribution in [3.63, 3.8) is 0 Å². The van der Waals surface area contributed by atoms with Crippen LogP contribution in [0.25, 0.3) is 22.2 Å². The predicted molar refractivity (Wildman–Crippen MR) is 104 cm³/mol. The molecule has 0 saturated heterocycles. The van der Waals surface area contributed by atoms with Crippen LogP contribution in [0.4, 0.5) is 13.2 Å². The van der Waals surface area contributed by atoms with Crippen LogP contribution in [-0.2, 0) is 12.6 Å². The lowest BCUT2D eigenvalue weighted by molar-refractivity contribution is -0.136. The summed E-state index contributed by atoms with van der Waals surface area (Å²) in [5.41, 5.74) is 7.20. The van der Waals surface area contributed by atoms with Crippen molar-refractivity contribution in [2.24, 2.45) is 5.73 Å². The molecule has 7 heteroatoms. The Kier molecular flexibility index (Phi) is 5.84. The molecule has 0 unspecified atom stereocenters. The fraction of sp³-hybridized carbons (Fsp3) is 0.333. The van der Waals surface area contributed by atoms with E-state index in [9.17, 15) is 13.2 Å². The molecular weight excluding hydrogens is 369 g/mol. The number of aromatic amines is 1. The zero-order chi connectivity index (χ0) is 20.3. The summed E-state index contributed by atoms with van der Waals surface area (Å²) in [5, 5.41) is 0.573. The number of H-pyrrole nitrogens is 1. The molecule has 3 rings (SSSR count). The third-order valence-electron chi connectivity index (χ3n) is 4.77. The number of para-hydroxylation sites is 1. The molecule has 0 aliphatic rings. The maximum atomic E-state index is 13.5. The van der Waals surface area contributed by atoms with Crippen molar-refractivity contribution in [1.29, 1.82) is 0 Å². The minimum Gasteiger partial charge on any atom is -0.497 e. The van der Waals surface area contributed by atoms with Crippen molar-refractivity contribution in [3.05, 3.63) is 47.5 Å². The highest BCUT2D eigenvalue weighted by molar-refractivity contribution is 5.93. The minimum absolute atomic E-state index is 0.0922. The summed E-state index contributed by atoms with van der Waals surface area (Å²) in [6.07, 6.45) is -2.24. The number of hydrogen-bond acceptors (Lipinski definition) is 3. The van der Waals surface area contributed by atoms with Gasteiger partial charge in [-0.15, -0.1) is 0 Å². The first-order valence-electron chi connectivity index (χ1n) is 9.03. The Bertz CT molecular complexity index is 942. The van der Waals surface area contributed by atoms with E-state index in [-0.39, 0.29) is 5.52 Å². The highest BCUT2D eigenvalue weighted by atomic mass is 19.4. The molecule has 3 N–H and O–H groups in total. The summed E-state index contributed by atoms with van der Waals surface area (Å²) >= 11 is 0. The lowest BCUT2D eigenvalue weighted by Crippen LogP contribution is -2.05. The third-order valence-corrected chi connectivity index (χ3v) is 4.77. The van der Waals surface area contributed by atoms with Gasteiger partial charge in [-0.3, -0.25) is 0 Å². The SMILES string of the molecule is COc1cc(OC)cc(-c2[nH]c3c(C(F)(F)F)cccc3c2CCCCN)c1. The second-order valence-corrected chi connectivity index (χ2v) is 6.55. The molecule has 0 spiro atoms. The molecule has 0 atom stereocenters. The van der Waals surface area contributed by atoms with E-state index in [1.807, 2.05) is 0 Å². The van der Waals surface area contributed by atoms with Crippen LogP contribution < -0.4 is 15.2 Å². The molecule has 150 valence electrons. The van der Waals surface area contributed by atoms with Crippen molar-refractivity contribution < 1.29 is 22.6 Å². The molecule has 3 aromatic rings. The number of ether oxygens (including phenoxy) is 2. The summed E-state index contributed by atoms with van der Waals surface area (Å²) in [7, 11) is 3.07. The van der Waals surface area contributed by atoms with E-state index < -0.39 is 11.7 Å². The molecule has 4 nitrogen and oxygen atoms in total. The maximum Gasteiger partial charge on any atom is 0.418 e. The van der Waals surface area contributed by atoms with Crippen LogP contribution >= 0.6 is 0 Å². The maximum absolute atomic E-state index is 13.5. The number of aryl methyl sites for hydroxylation is 1. The van der Waals surface area contributed by atoms with Crippen LogP contribution in [0.3, 0.4) is 0 Å². The lowest BCUT2D eigenvalue weighted by atomic mass is 9.99. The van der Waals surface area contributed by atoms with Gasteiger partial charge >= 0.3 is 6.18 Å². The number of nitrogens with one attached hydrogen (secondary N) is 1. The van der Waals surface area contributed by atoms with Gasteiger partial charge in [0.05, 0.1) is 25.3 Å². The van der Waals surface area contributed by atoms with Gasteiger partial charge in [0.25, 0.3) is 0 Å². The molecule has 1 heterocycles. The lowest BCUT2D eigenvalue weighted by Gasteiger charge is -2.10. The Morgan fingerprint density at radius 3 is 2.25 bits per heavy atom. The Morgan fingerprint density at radius 1 is 1.00 bits per heavy atom. The first kappa shape index (κ1) is 20.1. The van der Waals surface area contributed by atoms with Gasteiger partial charge in [0.2, 0.25) is 0 Å². The van der Waals surface area contributed by atoms with Crippen molar-refractivity contribution >= 4 is 10.9 Å². The van der Waals surface area contributed by atoms with Gasteiger partial charge in [-0.05, 0) is 49.6 Å². The molecule has 1 aromatic heterocycles. The summed E-state index contributed by atoms with van der Waals surface area (Å²) in [6, 6.07) is 9.56. The van der Waals surface area contributed by atoms with Crippen LogP contribution in [0.2, 0.25) is 0 Å². The van der Waals surface area contributed by atoms with E-state index >= 15 is 0 Å². The quantitative estimate of drug-likeness (QED) is 0.547. The normalized spacial score (nSPS) is 11.8. The van der Waals surface area contributed by atoms with Gasteiger partial charge in [0.1, 0.15) is 11.5 Å². The van der Waals surface area contributed by atoms with Gasteiger partial charge in [-0.2, -0.15) is 13.2 Å². The fourth-order valence-electron chi connectivity index (χ4n) is 3.41. The second-order valence-electron chi connectivity index (χ2n) is 6.55. The monoisotopic (exact) mass is 392 g/mol. The number of rotatable bonds is 7. The second kappa shape index (κ2) is 8.14. The van der Waals surface area contributed by atoms with E-state index in [2.05, 4.69) is 4.98 Å². The summed E-state index contributed by atoms with van der Waals surface area (Å²) in [4.78, 5) is 3.02. The van der Waals surface area contributed by atoms with Crippen molar-refractivity contribution in [3.8, 4) is 22.8 Å². The highest BCUT2D eigenvalue weighted by Crippen LogP contribution is 2.40. The van der Waals surface area contributed by atoms with Crippen molar-refractivity contribution in [1.82, 2.24) is 4.98 Å². The number of unbranched alkanes of at least 4 members (excludes halogenated alkanes) is 1. The highest BCUT2D eigenvalue weighted by Gasteiger charge is 2.34. The smallest absolute Gasteiger partial charge is 0.418 e. The largest absolute Gasteiger partial charge is 0.497 e. The molecule has 0 aliphatic carbocycles. The number of fused-ring (bicyclic) bond motifs is 1. The topological polar surface area (TPSA) is 60.3 Å². The Labute approximate surface area is 161 Å². The number of aromatic nitrogens is 1. The molecule has 0 radical (unpaired) electrons. The molecule has 28 heavy (non-hydrogen) atoms. The average molecular weight is 392 g/mol. The first-order valence-corrected chi connectivity index (χ1v) is 9.03. The molecule has 0 amide bonds. The van der Waals surface area contributed by atoms with Gasteiger partial charge in [0.15, 0.2) is 0 Å². The van der Waals surface area contributed by atoms with Gasteiger partial charge in [-0.1, -0.05) is 12.1 Å². The average Bonchev–Trinajstić information content (AvgIpc) is 3.05. The molecule has 2 aromatic carbocycles. The molecule has 0 saturated carbocycles. The Morgan fingerprint density at radius 2 is 1.68 bits per heavy atom. The van der Waals surface area contributed by atoms with E-state index in [4.69, 9.17) is 15.2 Å². The standard InChI is InChI=1S/C21H23F3N2O2/c1-27-14-10-13(11-15(12-14)28-2)19-16(6-3-4-9-25)17-7-5-8-18(20(17)26-19)21(22,23)24/h5,7-8,10-12,26H,3-4,6,9,25H2,1-2H3. The summed E-state index contributed by atoms with van der Waals surface area (Å²) in [6.45, 7) is 0.540. The van der Waals surface area contributed by atoms with Crippen LogP contribution in [-0.4, -0.2) is 25.7 Å². The summed E-state index contributed by atoms with van der Waals surface area (Å²) in [5.74, 6) is 1.13. The minimum atomic E-state index is -4.44. The van der Waals surface area contributed by atoms with Crippen LogP contribution in [0.15, 0.2) is 36.4 Å². The third kappa shape index (κ3) is 3.94. The molecule has 0 aliphatic heterocycles. The zero-order valence-electron chi connectivity index (χ0n) is 15.8. The fourth-order valence-corrected chi connectivity index (χ4v) is 3.41. The van der Waals surface area contributed by atoms with Crippen LogP contribution in [0, 0.1) is 0 Å². The summed E-state index contributed by atoms with van der Waals surface area (Å²) < 4.78 is 51.2. The number of alkyl halides is 3. The number of halogens is 3. The number of nitrogens with two attached hydrogens (primary N) is 1. The predicted octanol–water partition coefficient (Wildman–Crippen LogP) is 5.15. The van der Waals surface area contributed by atoms with E-state index in [1.165, 1.54) is 20.3 Å². The molecule has 0 fully saturated rings. The number of methoxy groups -OCH3 is 2. The van der Waals surface area contributed by atoms with Gasteiger partial charge < -0.3 is 20.2 Å². The number of benzene rings is 2. The first-order chi connectivity index (χ1) is 13.4. The van der Waals surface area contributed by atoms with E-state index in [1.54, 1.807) is 24.3 Å². The Hall–Kier alpha value is -2.67. The number of hydrogen-bond donors (Lipinski definition) is 2. The zero-order valence-corrected chi connectivity index (χ0v) is 15.8. The van der Waals surface area contributed by atoms with Gasteiger partial charge in [-0.25, -0.2) is 0 Å².